The predicted octanol–water partition coefficient (Wildman–Crippen LogP) is 0.878. The molecule has 66 valence electrons. The van der Waals surface area contributed by atoms with Crippen molar-refractivity contribution in [2.75, 3.05) is 19.8 Å². The van der Waals surface area contributed by atoms with Crippen molar-refractivity contribution in [1.82, 2.24) is 0 Å². The molecule has 0 amide bonds. The first-order valence-corrected chi connectivity index (χ1v) is 4.37. The average Bonchev–Trinajstić information content (AvgIpc) is 2.07. The molecule has 1 rings (SSSR count). The Kier molecular flexibility index (Phi) is 4.50. The Morgan fingerprint density at radius 2 is 2.36 bits per heavy atom. The second kappa shape index (κ2) is 5.52. The van der Waals surface area contributed by atoms with E-state index in [2.05, 4.69) is 0 Å². The minimum Gasteiger partial charge on any atom is -0.353 e. The number of hydrogen-bond donors (Lipinski definition) is 1. The first kappa shape index (κ1) is 8.97. The van der Waals surface area contributed by atoms with Gasteiger partial charge in [-0.1, -0.05) is 0 Å². The minimum absolute atomic E-state index is 0.0512. The van der Waals surface area contributed by atoms with Crippen molar-refractivity contribution in [1.29, 1.82) is 0 Å². The standard InChI is InChI=1S/C8H17NO2/c9-5-3-7-11-8-4-1-2-6-10-8/h8H,1-7,9H2. The van der Waals surface area contributed by atoms with E-state index in [1.807, 2.05) is 0 Å². The molecule has 0 aromatic carbocycles. The van der Waals surface area contributed by atoms with Crippen LogP contribution in [0.3, 0.4) is 0 Å². The highest BCUT2D eigenvalue weighted by molar-refractivity contribution is 4.53. The first-order valence-electron chi connectivity index (χ1n) is 4.37. The van der Waals surface area contributed by atoms with Crippen LogP contribution in [0.2, 0.25) is 0 Å². The lowest BCUT2D eigenvalue weighted by molar-refractivity contribution is -0.162. The molecule has 1 heterocycles. The summed E-state index contributed by atoms with van der Waals surface area (Å²) >= 11 is 0. The third-order valence-corrected chi connectivity index (χ3v) is 1.79. The molecule has 2 N–H and O–H groups in total. The van der Waals surface area contributed by atoms with Crippen molar-refractivity contribution < 1.29 is 9.47 Å². The molecule has 1 unspecified atom stereocenters. The molecule has 0 aromatic rings. The van der Waals surface area contributed by atoms with E-state index in [0.29, 0.717) is 6.54 Å². The van der Waals surface area contributed by atoms with Crippen LogP contribution in [0, 0.1) is 0 Å². The molecule has 0 aromatic heterocycles. The van der Waals surface area contributed by atoms with Gasteiger partial charge in [0.2, 0.25) is 0 Å². The molecule has 1 saturated heterocycles. The summed E-state index contributed by atoms with van der Waals surface area (Å²) in [5, 5.41) is 0. The van der Waals surface area contributed by atoms with Crippen LogP contribution < -0.4 is 5.73 Å². The molecule has 0 bridgehead atoms. The van der Waals surface area contributed by atoms with Crippen LogP contribution in [0.25, 0.3) is 0 Å². The van der Waals surface area contributed by atoms with E-state index < -0.39 is 0 Å². The molecule has 1 aliphatic rings. The molecule has 0 aliphatic carbocycles. The number of rotatable bonds is 4. The number of ether oxygens (including phenoxy) is 2. The summed E-state index contributed by atoms with van der Waals surface area (Å²) in [6.45, 7) is 2.29. The van der Waals surface area contributed by atoms with Crippen molar-refractivity contribution >= 4 is 0 Å². The molecular formula is C8H17NO2. The molecule has 11 heavy (non-hydrogen) atoms. The van der Waals surface area contributed by atoms with E-state index in [0.717, 1.165) is 26.1 Å². The smallest absolute Gasteiger partial charge is 0.157 e. The Balaban J connectivity index is 1.96. The number of hydrogen-bond acceptors (Lipinski definition) is 3. The van der Waals surface area contributed by atoms with Gasteiger partial charge < -0.3 is 15.2 Å². The van der Waals surface area contributed by atoms with E-state index in [1.54, 1.807) is 0 Å². The summed E-state index contributed by atoms with van der Waals surface area (Å²) in [5.41, 5.74) is 5.32. The van der Waals surface area contributed by atoms with E-state index >= 15 is 0 Å². The molecule has 0 radical (unpaired) electrons. The maximum absolute atomic E-state index is 5.42. The average molecular weight is 159 g/mol. The zero-order valence-electron chi connectivity index (χ0n) is 6.92. The van der Waals surface area contributed by atoms with Gasteiger partial charge in [-0.25, -0.2) is 0 Å². The van der Waals surface area contributed by atoms with Crippen molar-refractivity contribution in [2.24, 2.45) is 5.73 Å². The normalized spacial score (nSPS) is 25.4. The fourth-order valence-corrected chi connectivity index (χ4v) is 1.14. The van der Waals surface area contributed by atoms with E-state index in [9.17, 15) is 0 Å². The lowest BCUT2D eigenvalue weighted by atomic mass is 10.2. The second-order valence-corrected chi connectivity index (χ2v) is 2.81. The maximum Gasteiger partial charge on any atom is 0.157 e. The van der Waals surface area contributed by atoms with Gasteiger partial charge in [0.15, 0.2) is 6.29 Å². The molecule has 1 fully saturated rings. The quantitative estimate of drug-likeness (QED) is 0.619. The van der Waals surface area contributed by atoms with Crippen molar-refractivity contribution in [3.8, 4) is 0 Å². The Morgan fingerprint density at radius 3 is 3.00 bits per heavy atom. The van der Waals surface area contributed by atoms with Crippen LogP contribution in [-0.2, 0) is 9.47 Å². The fraction of sp³-hybridized carbons (Fsp3) is 1.00. The summed E-state index contributed by atoms with van der Waals surface area (Å²) in [4.78, 5) is 0. The van der Waals surface area contributed by atoms with Gasteiger partial charge in [0, 0.05) is 6.61 Å². The largest absolute Gasteiger partial charge is 0.353 e. The highest BCUT2D eigenvalue weighted by Crippen LogP contribution is 2.13. The van der Waals surface area contributed by atoms with Gasteiger partial charge in [0.05, 0.1) is 6.61 Å². The Morgan fingerprint density at radius 1 is 1.45 bits per heavy atom. The topological polar surface area (TPSA) is 44.5 Å². The van der Waals surface area contributed by atoms with Crippen LogP contribution in [0.4, 0.5) is 0 Å². The maximum atomic E-state index is 5.42. The van der Waals surface area contributed by atoms with Crippen molar-refractivity contribution in [2.45, 2.75) is 32.0 Å². The molecular weight excluding hydrogens is 142 g/mol. The monoisotopic (exact) mass is 159 g/mol. The predicted molar refractivity (Wildman–Crippen MR) is 43.2 cm³/mol. The molecule has 0 saturated carbocycles. The van der Waals surface area contributed by atoms with Crippen LogP contribution >= 0.6 is 0 Å². The van der Waals surface area contributed by atoms with E-state index in [4.69, 9.17) is 15.2 Å². The Labute approximate surface area is 67.9 Å². The van der Waals surface area contributed by atoms with Crippen LogP contribution in [0.15, 0.2) is 0 Å². The highest BCUT2D eigenvalue weighted by atomic mass is 16.7. The number of nitrogens with two attached hydrogens (primary N) is 1. The van der Waals surface area contributed by atoms with E-state index in [1.165, 1.54) is 12.8 Å². The van der Waals surface area contributed by atoms with Gasteiger partial charge in [-0.3, -0.25) is 0 Å². The summed E-state index contributed by atoms with van der Waals surface area (Å²) in [6.07, 6.45) is 4.43. The fourth-order valence-electron chi connectivity index (χ4n) is 1.14. The van der Waals surface area contributed by atoms with Crippen molar-refractivity contribution in [3.05, 3.63) is 0 Å². The molecule has 1 atom stereocenters. The first-order chi connectivity index (χ1) is 5.43. The van der Waals surface area contributed by atoms with Gasteiger partial charge in [0.1, 0.15) is 0 Å². The molecule has 3 heteroatoms. The molecule has 1 aliphatic heterocycles. The summed E-state index contributed by atoms with van der Waals surface area (Å²) in [5.74, 6) is 0. The summed E-state index contributed by atoms with van der Waals surface area (Å²) in [6, 6.07) is 0. The van der Waals surface area contributed by atoms with Crippen molar-refractivity contribution in [3.63, 3.8) is 0 Å². The zero-order valence-corrected chi connectivity index (χ0v) is 6.92. The summed E-state index contributed by atoms with van der Waals surface area (Å²) < 4.78 is 10.8. The third kappa shape index (κ3) is 3.70. The van der Waals surface area contributed by atoms with Crippen LogP contribution in [0.1, 0.15) is 25.7 Å². The van der Waals surface area contributed by atoms with Gasteiger partial charge in [-0.05, 0) is 32.2 Å². The van der Waals surface area contributed by atoms with E-state index in [-0.39, 0.29) is 6.29 Å². The SMILES string of the molecule is NCCCOC1CCCCO1. The van der Waals surface area contributed by atoms with Gasteiger partial charge in [-0.2, -0.15) is 0 Å². The minimum atomic E-state index is 0.0512. The molecule has 0 spiro atoms. The lowest BCUT2D eigenvalue weighted by Crippen LogP contribution is -2.23. The second-order valence-electron chi connectivity index (χ2n) is 2.81. The molecule has 3 nitrogen and oxygen atoms in total. The Hall–Kier alpha value is -0.120. The highest BCUT2D eigenvalue weighted by Gasteiger charge is 2.12. The Bertz CT molecular complexity index is 92.1. The van der Waals surface area contributed by atoms with Gasteiger partial charge >= 0.3 is 0 Å². The third-order valence-electron chi connectivity index (χ3n) is 1.79. The van der Waals surface area contributed by atoms with Crippen LogP contribution in [-0.4, -0.2) is 26.0 Å². The van der Waals surface area contributed by atoms with Crippen LogP contribution in [0.5, 0.6) is 0 Å². The van der Waals surface area contributed by atoms with Gasteiger partial charge in [-0.15, -0.1) is 0 Å². The lowest BCUT2D eigenvalue weighted by Gasteiger charge is -2.22. The zero-order chi connectivity index (χ0) is 7.94. The summed E-state index contributed by atoms with van der Waals surface area (Å²) in [7, 11) is 0. The van der Waals surface area contributed by atoms with Gasteiger partial charge in [0.25, 0.3) is 0 Å².